The average molecular weight is 310 g/mol. The van der Waals surface area contributed by atoms with E-state index in [0.29, 0.717) is 5.69 Å². The summed E-state index contributed by atoms with van der Waals surface area (Å²) < 4.78 is 15.1. The number of aryl methyl sites for hydroxylation is 1. The molecule has 0 aliphatic carbocycles. The van der Waals surface area contributed by atoms with Crippen molar-refractivity contribution < 1.29 is 4.39 Å². The van der Waals surface area contributed by atoms with Crippen molar-refractivity contribution in [1.82, 2.24) is 15.1 Å². The Morgan fingerprint density at radius 3 is 2.76 bits per heavy atom. The molecular weight excluding hydrogens is 289 g/mol. The highest BCUT2D eigenvalue weighted by molar-refractivity contribution is 6.30. The van der Waals surface area contributed by atoms with Crippen molar-refractivity contribution in [2.45, 2.75) is 39.2 Å². The monoisotopic (exact) mass is 309 g/mol. The van der Waals surface area contributed by atoms with E-state index in [4.69, 9.17) is 11.6 Å². The summed E-state index contributed by atoms with van der Waals surface area (Å²) in [5.74, 6) is -0.430. The van der Waals surface area contributed by atoms with Crippen LogP contribution in [0.2, 0.25) is 5.02 Å². The molecule has 1 N–H and O–H groups in total. The van der Waals surface area contributed by atoms with Gasteiger partial charge in [0.2, 0.25) is 0 Å². The van der Waals surface area contributed by atoms with Gasteiger partial charge < -0.3 is 5.32 Å². The minimum Gasteiger partial charge on any atom is -0.312 e. The highest BCUT2D eigenvalue weighted by Crippen LogP contribution is 2.18. The molecule has 0 atom stereocenters. The van der Waals surface area contributed by atoms with E-state index in [0.717, 1.165) is 24.9 Å². The molecule has 0 bridgehead atoms. The number of halogens is 2. The van der Waals surface area contributed by atoms with Crippen LogP contribution in [0.15, 0.2) is 30.6 Å². The van der Waals surface area contributed by atoms with Gasteiger partial charge in [0.25, 0.3) is 0 Å². The van der Waals surface area contributed by atoms with Gasteiger partial charge in [-0.25, -0.2) is 9.07 Å². The van der Waals surface area contributed by atoms with Gasteiger partial charge in [0.15, 0.2) is 0 Å². The highest BCUT2D eigenvalue weighted by Gasteiger charge is 2.08. The van der Waals surface area contributed by atoms with Gasteiger partial charge in [-0.2, -0.15) is 5.10 Å². The van der Waals surface area contributed by atoms with Crippen LogP contribution in [0.5, 0.6) is 0 Å². The Balaban J connectivity index is 1.93. The van der Waals surface area contributed by atoms with Crippen molar-refractivity contribution >= 4 is 11.6 Å². The number of rotatable bonds is 5. The largest absolute Gasteiger partial charge is 0.312 e. The lowest BCUT2D eigenvalue weighted by Crippen LogP contribution is -2.36. The Bertz CT molecular complexity index is 602. The Morgan fingerprint density at radius 2 is 2.10 bits per heavy atom. The quantitative estimate of drug-likeness (QED) is 0.847. The highest BCUT2D eigenvalue weighted by atomic mass is 35.5. The lowest BCUT2D eigenvalue weighted by atomic mass is 10.1. The van der Waals surface area contributed by atoms with Gasteiger partial charge >= 0.3 is 0 Å². The number of hydrogen-bond donors (Lipinski definition) is 1. The molecule has 2 rings (SSSR count). The van der Waals surface area contributed by atoms with Crippen LogP contribution in [0, 0.1) is 5.82 Å². The molecule has 114 valence electrons. The Kier molecular flexibility index (Phi) is 5.01. The molecule has 0 fully saturated rings. The standard InChI is InChI=1S/C16H21ClFN3/c1-16(2,3)19-8-4-5-12-10-20-21(11-12)13-6-7-14(17)15(18)9-13/h6-7,9-11,19H,4-5,8H2,1-3H3. The van der Waals surface area contributed by atoms with Crippen molar-refractivity contribution in [3.05, 3.63) is 47.0 Å². The SMILES string of the molecule is CC(C)(C)NCCCc1cnn(-c2ccc(Cl)c(F)c2)c1. The molecule has 0 radical (unpaired) electrons. The van der Waals surface area contributed by atoms with Crippen LogP contribution in [-0.2, 0) is 6.42 Å². The van der Waals surface area contributed by atoms with E-state index in [1.807, 2.05) is 12.4 Å². The van der Waals surface area contributed by atoms with Gasteiger partial charge in [0, 0.05) is 17.8 Å². The lowest BCUT2D eigenvalue weighted by molar-refractivity contribution is 0.422. The van der Waals surface area contributed by atoms with Crippen LogP contribution >= 0.6 is 11.6 Å². The van der Waals surface area contributed by atoms with E-state index in [1.165, 1.54) is 6.07 Å². The molecule has 0 amide bonds. The Hall–Kier alpha value is -1.39. The summed E-state index contributed by atoms with van der Waals surface area (Å²) in [6, 6.07) is 4.68. The van der Waals surface area contributed by atoms with E-state index >= 15 is 0 Å². The third kappa shape index (κ3) is 4.83. The summed E-state index contributed by atoms with van der Waals surface area (Å²) in [6.45, 7) is 7.42. The zero-order valence-electron chi connectivity index (χ0n) is 12.7. The topological polar surface area (TPSA) is 29.9 Å². The van der Waals surface area contributed by atoms with Crippen LogP contribution in [-0.4, -0.2) is 21.9 Å². The van der Waals surface area contributed by atoms with Crippen molar-refractivity contribution in [2.75, 3.05) is 6.54 Å². The van der Waals surface area contributed by atoms with Crippen LogP contribution < -0.4 is 5.32 Å². The predicted molar refractivity (Wildman–Crippen MR) is 84.6 cm³/mol. The summed E-state index contributed by atoms with van der Waals surface area (Å²) in [6.07, 6.45) is 5.74. The molecule has 0 aliphatic heterocycles. The minimum absolute atomic E-state index is 0.124. The average Bonchev–Trinajstić information content (AvgIpc) is 2.86. The third-order valence-corrected chi connectivity index (χ3v) is 3.41. The Morgan fingerprint density at radius 1 is 1.33 bits per heavy atom. The van der Waals surface area contributed by atoms with Gasteiger partial charge in [-0.1, -0.05) is 11.6 Å². The van der Waals surface area contributed by atoms with Crippen molar-refractivity contribution in [3.63, 3.8) is 0 Å². The summed E-state index contributed by atoms with van der Waals surface area (Å²) in [5, 5.41) is 7.85. The van der Waals surface area contributed by atoms with Crippen LogP contribution in [0.1, 0.15) is 32.8 Å². The molecule has 1 aromatic carbocycles. The molecule has 0 spiro atoms. The van der Waals surface area contributed by atoms with Gasteiger partial charge in [-0.3, -0.25) is 0 Å². The van der Waals surface area contributed by atoms with E-state index in [-0.39, 0.29) is 10.6 Å². The van der Waals surface area contributed by atoms with Gasteiger partial charge in [-0.05, 0) is 57.9 Å². The molecule has 2 aromatic rings. The van der Waals surface area contributed by atoms with Crippen molar-refractivity contribution in [1.29, 1.82) is 0 Å². The van der Waals surface area contributed by atoms with Gasteiger partial charge in [0.1, 0.15) is 5.82 Å². The first kappa shape index (κ1) is 16.0. The molecule has 1 aromatic heterocycles. The second-order valence-corrected chi connectivity index (χ2v) is 6.58. The van der Waals surface area contributed by atoms with Gasteiger partial charge in [0.05, 0.1) is 16.9 Å². The maximum Gasteiger partial charge on any atom is 0.143 e. The number of hydrogen-bond acceptors (Lipinski definition) is 2. The van der Waals surface area contributed by atoms with Crippen LogP contribution in [0.25, 0.3) is 5.69 Å². The maximum absolute atomic E-state index is 13.5. The number of nitrogens with zero attached hydrogens (tertiary/aromatic N) is 2. The maximum atomic E-state index is 13.5. The minimum atomic E-state index is -0.430. The molecular formula is C16H21ClFN3. The zero-order chi connectivity index (χ0) is 15.5. The molecule has 1 heterocycles. The van der Waals surface area contributed by atoms with E-state index in [9.17, 15) is 4.39 Å². The van der Waals surface area contributed by atoms with Crippen LogP contribution in [0.3, 0.4) is 0 Å². The van der Waals surface area contributed by atoms with Crippen molar-refractivity contribution in [3.8, 4) is 5.69 Å². The second-order valence-electron chi connectivity index (χ2n) is 6.17. The Labute approximate surface area is 130 Å². The lowest BCUT2D eigenvalue weighted by Gasteiger charge is -2.20. The summed E-state index contributed by atoms with van der Waals surface area (Å²) in [4.78, 5) is 0. The zero-order valence-corrected chi connectivity index (χ0v) is 13.4. The smallest absolute Gasteiger partial charge is 0.143 e. The molecule has 0 saturated heterocycles. The first-order chi connectivity index (χ1) is 9.85. The van der Waals surface area contributed by atoms with Crippen molar-refractivity contribution in [2.24, 2.45) is 0 Å². The summed E-state index contributed by atoms with van der Waals surface area (Å²) in [5.41, 5.74) is 1.96. The van der Waals surface area contributed by atoms with E-state index in [2.05, 4.69) is 31.2 Å². The number of aromatic nitrogens is 2. The molecule has 0 aliphatic rings. The molecule has 5 heteroatoms. The summed E-state index contributed by atoms with van der Waals surface area (Å²) in [7, 11) is 0. The first-order valence-corrected chi connectivity index (χ1v) is 7.47. The predicted octanol–water partition coefficient (Wildman–Crippen LogP) is 3.99. The van der Waals surface area contributed by atoms with E-state index < -0.39 is 5.82 Å². The molecule has 0 saturated carbocycles. The second kappa shape index (κ2) is 6.58. The fourth-order valence-electron chi connectivity index (χ4n) is 2.01. The third-order valence-electron chi connectivity index (χ3n) is 3.10. The van der Waals surface area contributed by atoms with Gasteiger partial charge in [-0.15, -0.1) is 0 Å². The fourth-order valence-corrected chi connectivity index (χ4v) is 2.13. The first-order valence-electron chi connectivity index (χ1n) is 7.09. The normalized spacial score (nSPS) is 11.9. The molecule has 0 unspecified atom stereocenters. The number of benzene rings is 1. The number of nitrogens with one attached hydrogen (secondary N) is 1. The summed E-state index contributed by atoms with van der Waals surface area (Å²) >= 11 is 5.68. The van der Waals surface area contributed by atoms with E-state index in [1.54, 1.807) is 16.8 Å². The fraction of sp³-hybridized carbons (Fsp3) is 0.438. The molecule has 3 nitrogen and oxygen atoms in total. The van der Waals surface area contributed by atoms with Crippen LogP contribution in [0.4, 0.5) is 4.39 Å². The molecule has 21 heavy (non-hydrogen) atoms.